The van der Waals surface area contributed by atoms with Gasteiger partial charge in [0.2, 0.25) is 0 Å². The van der Waals surface area contributed by atoms with Gasteiger partial charge in [-0.1, -0.05) is 74.0 Å². The minimum Gasteiger partial charge on any atom is -0.507 e. The summed E-state index contributed by atoms with van der Waals surface area (Å²) in [7, 11) is 0. The zero-order chi connectivity index (χ0) is 18.1. The van der Waals surface area contributed by atoms with Crippen molar-refractivity contribution in [2.45, 2.75) is 25.7 Å². The number of hydrogen-bond acceptors (Lipinski definition) is 2. The first-order valence-corrected chi connectivity index (χ1v) is 9.12. The lowest BCUT2D eigenvalue weighted by molar-refractivity contribution is 0.481. The zero-order valence-electron chi connectivity index (χ0n) is 14.8. The molecule has 0 atom stereocenters. The first kappa shape index (κ1) is 16.5. The largest absolute Gasteiger partial charge is 0.507 e. The predicted molar refractivity (Wildman–Crippen MR) is 108 cm³/mol. The van der Waals surface area contributed by atoms with Gasteiger partial charge in [-0.3, -0.25) is 0 Å². The SMILES string of the molecule is CCCC(c1ccc(O)c2ccccc12)c1ccc(O)c2ccccc12. The normalized spacial score (nSPS) is 11.5. The Hall–Kier alpha value is -3.00. The van der Waals surface area contributed by atoms with Crippen LogP contribution < -0.4 is 0 Å². The van der Waals surface area contributed by atoms with Gasteiger partial charge >= 0.3 is 0 Å². The van der Waals surface area contributed by atoms with E-state index in [0.29, 0.717) is 11.5 Å². The van der Waals surface area contributed by atoms with Crippen LogP contribution in [0.1, 0.15) is 36.8 Å². The van der Waals surface area contributed by atoms with Crippen molar-refractivity contribution in [3.63, 3.8) is 0 Å². The summed E-state index contributed by atoms with van der Waals surface area (Å²) in [5.74, 6) is 0.835. The highest BCUT2D eigenvalue weighted by molar-refractivity contribution is 5.94. The standard InChI is InChI=1S/C24H22O2/c1-2-7-16(19-12-14-23(25)21-10-5-3-8-17(19)21)20-13-15-24(26)22-11-6-4-9-18(20)22/h3-6,8-16,25-26H,2,7H2,1H3. The molecule has 0 radical (unpaired) electrons. The van der Waals surface area contributed by atoms with E-state index in [1.807, 2.05) is 48.5 Å². The van der Waals surface area contributed by atoms with Crippen molar-refractivity contribution in [2.75, 3.05) is 0 Å². The van der Waals surface area contributed by atoms with Crippen LogP contribution in [0.2, 0.25) is 0 Å². The topological polar surface area (TPSA) is 40.5 Å². The molecule has 2 nitrogen and oxygen atoms in total. The Morgan fingerprint density at radius 1 is 0.615 bits per heavy atom. The highest BCUT2D eigenvalue weighted by Gasteiger charge is 2.20. The van der Waals surface area contributed by atoms with E-state index in [-0.39, 0.29) is 5.92 Å². The lowest BCUT2D eigenvalue weighted by Gasteiger charge is -2.22. The van der Waals surface area contributed by atoms with Crippen LogP contribution in [0.5, 0.6) is 11.5 Å². The molecule has 26 heavy (non-hydrogen) atoms. The number of phenolic OH excluding ortho intramolecular Hbond substituents is 2. The van der Waals surface area contributed by atoms with Crippen molar-refractivity contribution in [1.29, 1.82) is 0 Å². The predicted octanol–water partition coefficient (Wildman–Crippen LogP) is 6.34. The maximum absolute atomic E-state index is 10.3. The Morgan fingerprint density at radius 2 is 1.04 bits per heavy atom. The average molecular weight is 342 g/mol. The van der Waals surface area contributed by atoms with Crippen molar-refractivity contribution in [1.82, 2.24) is 0 Å². The van der Waals surface area contributed by atoms with E-state index in [1.165, 1.54) is 11.1 Å². The fourth-order valence-electron chi connectivity index (χ4n) is 3.99. The van der Waals surface area contributed by atoms with Gasteiger partial charge in [-0.25, -0.2) is 0 Å². The Morgan fingerprint density at radius 3 is 1.46 bits per heavy atom. The first-order chi connectivity index (χ1) is 12.7. The molecule has 4 aromatic rings. The van der Waals surface area contributed by atoms with Gasteiger partial charge in [0.1, 0.15) is 11.5 Å². The molecule has 0 spiro atoms. The van der Waals surface area contributed by atoms with Crippen molar-refractivity contribution in [3.8, 4) is 11.5 Å². The fraction of sp³-hybridized carbons (Fsp3) is 0.167. The molecule has 0 aliphatic rings. The lowest BCUT2D eigenvalue weighted by atomic mass is 9.82. The molecule has 0 amide bonds. The Labute approximate surface area is 153 Å². The van der Waals surface area contributed by atoms with E-state index < -0.39 is 0 Å². The van der Waals surface area contributed by atoms with E-state index in [0.717, 1.165) is 34.4 Å². The first-order valence-electron chi connectivity index (χ1n) is 9.12. The molecule has 4 aromatic carbocycles. The number of rotatable bonds is 4. The monoisotopic (exact) mass is 342 g/mol. The summed E-state index contributed by atoms with van der Waals surface area (Å²) in [5, 5.41) is 24.4. The summed E-state index contributed by atoms with van der Waals surface area (Å²) in [5.41, 5.74) is 2.44. The molecule has 2 heteroatoms. The lowest BCUT2D eigenvalue weighted by Crippen LogP contribution is -2.03. The van der Waals surface area contributed by atoms with Gasteiger partial charge in [-0.2, -0.15) is 0 Å². The van der Waals surface area contributed by atoms with E-state index in [1.54, 1.807) is 12.1 Å². The molecule has 2 N–H and O–H groups in total. The number of benzene rings is 4. The summed E-state index contributed by atoms with van der Waals surface area (Å²) in [4.78, 5) is 0. The van der Waals surface area contributed by atoms with Gasteiger partial charge in [0, 0.05) is 16.7 Å². The minimum absolute atomic E-state index is 0.205. The smallest absolute Gasteiger partial charge is 0.123 e. The van der Waals surface area contributed by atoms with E-state index in [2.05, 4.69) is 19.1 Å². The number of phenols is 2. The van der Waals surface area contributed by atoms with E-state index >= 15 is 0 Å². The van der Waals surface area contributed by atoms with Crippen LogP contribution in [-0.4, -0.2) is 10.2 Å². The van der Waals surface area contributed by atoms with Crippen molar-refractivity contribution in [3.05, 3.63) is 83.9 Å². The van der Waals surface area contributed by atoms with Gasteiger partial charge in [0.05, 0.1) is 0 Å². The molecule has 0 saturated carbocycles. The third kappa shape index (κ3) is 2.68. The fourth-order valence-corrected chi connectivity index (χ4v) is 3.99. The second kappa shape index (κ2) is 6.72. The second-order valence-corrected chi connectivity index (χ2v) is 6.78. The summed E-state index contributed by atoms with van der Waals surface area (Å²) < 4.78 is 0. The third-order valence-electron chi connectivity index (χ3n) is 5.20. The second-order valence-electron chi connectivity index (χ2n) is 6.78. The van der Waals surface area contributed by atoms with Gasteiger partial charge in [-0.05, 0) is 40.5 Å². The molecule has 4 rings (SSSR count). The molecular formula is C24H22O2. The van der Waals surface area contributed by atoms with Crippen molar-refractivity contribution >= 4 is 21.5 Å². The van der Waals surface area contributed by atoms with Crippen LogP contribution in [0.3, 0.4) is 0 Å². The highest BCUT2D eigenvalue weighted by Crippen LogP contribution is 2.41. The van der Waals surface area contributed by atoms with Crippen LogP contribution in [0.4, 0.5) is 0 Å². The van der Waals surface area contributed by atoms with Crippen LogP contribution in [-0.2, 0) is 0 Å². The molecule has 0 saturated heterocycles. The molecule has 0 aliphatic carbocycles. The van der Waals surface area contributed by atoms with Crippen LogP contribution in [0, 0.1) is 0 Å². The Bertz CT molecular complexity index is 997. The highest BCUT2D eigenvalue weighted by atomic mass is 16.3. The Balaban J connectivity index is 2.00. The number of aromatic hydroxyl groups is 2. The van der Waals surface area contributed by atoms with Crippen LogP contribution in [0.25, 0.3) is 21.5 Å². The summed E-state index contributed by atoms with van der Waals surface area (Å²) in [6.07, 6.45) is 2.05. The molecule has 0 heterocycles. The molecular weight excluding hydrogens is 320 g/mol. The van der Waals surface area contributed by atoms with Crippen LogP contribution >= 0.6 is 0 Å². The third-order valence-corrected chi connectivity index (χ3v) is 5.20. The minimum atomic E-state index is 0.205. The maximum atomic E-state index is 10.3. The van der Waals surface area contributed by atoms with Crippen molar-refractivity contribution < 1.29 is 10.2 Å². The van der Waals surface area contributed by atoms with Crippen molar-refractivity contribution in [2.24, 2.45) is 0 Å². The molecule has 130 valence electrons. The molecule has 0 unspecified atom stereocenters. The van der Waals surface area contributed by atoms with Gasteiger partial charge in [-0.15, -0.1) is 0 Å². The van der Waals surface area contributed by atoms with E-state index in [4.69, 9.17) is 0 Å². The van der Waals surface area contributed by atoms with E-state index in [9.17, 15) is 10.2 Å². The quantitative estimate of drug-likeness (QED) is 0.454. The van der Waals surface area contributed by atoms with Gasteiger partial charge in [0.25, 0.3) is 0 Å². The number of hydrogen-bond donors (Lipinski definition) is 2. The molecule has 0 aromatic heterocycles. The summed E-state index contributed by atoms with van der Waals surface area (Å²) in [6, 6.07) is 23.7. The summed E-state index contributed by atoms with van der Waals surface area (Å²) >= 11 is 0. The molecule has 0 bridgehead atoms. The summed E-state index contributed by atoms with van der Waals surface area (Å²) in [6.45, 7) is 2.19. The zero-order valence-corrected chi connectivity index (χ0v) is 14.8. The molecule has 0 fully saturated rings. The molecule has 0 aliphatic heterocycles. The van der Waals surface area contributed by atoms with Gasteiger partial charge in [0.15, 0.2) is 0 Å². The van der Waals surface area contributed by atoms with Crippen LogP contribution in [0.15, 0.2) is 72.8 Å². The van der Waals surface area contributed by atoms with Gasteiger partial charge < -0.3 is 10.2 Å². The number of fused-ring (bicyclic) bond motifs is 2. The Kier molecular flexibility index (Phi) is 4.26. The maximum Gasteiger partial charge on any atom is 0.123 e. The average Bonchev–Trinajstić information content (AvgIpc) is 2.68.